The van der Waals surface area contributed by atoms with Gasteiger partial charge in [0.05, 0.1) is 9.85 Å². The van der Waals surface area contributed by atoms with Gasteiger partial charge in [-0.1, -0.05) is 24.3 Å². The molecule has 0 fully saturated rings. The molecule has 0 N–H and O–H groups in total. The smallest absolute Gasteiger partial charge is 0.162 e. The molecule has 0 aliphatic heterocycles. The average molecular weight is 350 g/mol. The Morgan fingerprint density at radius 2 is 1.68 bits per heavy atom. The van der Waals surface area contributed by atoms with Crippen molar-refractivity contribution in [1.82, 2.24) is 0 Å². The van der Waals surface area contributed by atoms with Crippen molar-refractivity contribution < 1.29 is 13.2 Å². The van der Waals surface area contributed by atoms with Gasteiger partial charge in [-0.2, -0.15) is 0 Å². The first-order chi connectivity index (χ1) is 9.00. The minimum Gasteiger partial charge on any atom is -0.205 e. The number of hydrogen-bond donors (Lipinski definition) is 0. The Kier molecular flexibility index (Phi) is 4.53. The molecule has 0 spiro atoms. The first-order valence-electron chi connectivity index (χ1n) is 5.51. The highest BCUT2D eigenvalue weighted by atomic mass is 79.9. The van der Waals surface area contributed by atoms with Gasteiger partial charge in [-0.3, -0.25) is 0 Å². The highest BCUT2D eigenvalue weighted by molar-refractivity contribution is 9.10. The molecule has 0 saturated heterocycles. The molecule has 0 aromatic heterocycles. The quantitative estimate of drug-likeness (QED) is 0.652. The largest absolute Gasteiger partial charge is 0.205 e. The van der Waals surface area contributed by atoms with Gasteiger partial charge in [0.15, 0.2) is 11.6 Å². The second-order valence-electron chi connectivity index (χ2n) is 4.03. The van der Waals surface area contributed by atoms with Crippen molar-refractivity contribution in [1.29, 1.82) is 0 Å². The maximum atomic E-state index is 13.8. The molecule has 1 atom stereocenters. The predicted molar refractivity (Wildman–Crippen MR) is 72.8 cm³/mol. The molecule has 0 radical (unpaired) electrons. The Morgan fingerprint density at radius 3 is 2.42 bits per heavy atom. The van der Waals surface area contributed by atoms with Gasteiger partial charge in [-0.25, -0.2) is 13.2 Å². The van der Waals surface area contributed by atoms with Crippen LogP contribution in [0, 0.1) is 17.5 Å². The molecule has 0 aliphatic rings. The van der Waals surface area contributed by atoms with Crippen molar-refractivity contribution in [3.63, 3.8) is 0 Å². The molecule has 5 heteroatoms. The number of halogens is 5. The summed E-state index contributed by atoms with van der Waals surface area (Å²) in [6.45, 7) is 0. The molecule has 0 amide bonds. The summed E-state index contributed by atoms with van der Waals surface area (Å²) >= 11 is 9.15. The summed E-state index contributed by atoms with van der Waals surface area (Å²) in [7, 11) is 0. The summed E-state index contributed by atoms with van der Waals surface area (Å²) in [5.74, 6) is -2.36. The van der Waals surface area contributed by atoms with Crippen LogP contribution < -0.4 is 0 Å². The molecule has 0 heterocycles. The van der Waals surface area contributed by atoms with Crippen molar-refractivity contribution in [2.24, 2.45) is 0 Å². The van der Waals surface area contributed by atoms with Crippen LogP contribution in [0.15, 0.2) is 40.9 Å². The fourth-order valence-electron chi connectivity index (χ4n) is 1.77. The monoisotopic (exact) mass is 348 g/mol. The van der Waals surface area contributed by atoms with Crippen molar-refractivity contribution in [2.45, 2.75) is 11.8 Å². The molecule has 0 bridgehead atoms. The topological polar surface area (TPSA) is 0 Å². The summed E-state index contributed by atoms with van der Waals surface area (Å²) in [5, 5.41) is -0.770. The SMILES string of the molecule is Fc1cccc(CC(Cl)c2cccc(Br)c2F)c1F. The van der Waals surface area contributed by atoms with Crippen LogP contribution in [0.2, 0.25) is 0 Å². The van der Waals surface area contributed by atoms with Gasteiger partial charge < -0.3 is 0 Å². The lowest BCUT2D eigenvalue weighted by molar-refractivity contribution is 0.497. The Balaban J connectivity index is 2.28. The van der Waals surface area contributed by atoms with E-state index in [4.69, 9.17) is 11.6 Å². The maximum absolute atomic E-state index is 13.8. The van der Waals surface area contributed by atoms with Gasteiger partial charge >= 0.3 is 0 Å². The third-order valence-corrected chi connectivity index (χ3v) is 3.75. The van der Waals surface area contributed by atoms with Crippen LogP contribution in [0.5, 0.6) is 0 Å². The van der Waals surface area contributed by atoms with E-state index in [-0.39, 0.29) is 22.0 Å². The summed E-state index contributed by atoms with van der Waals surface area (Å²) < 4.78 is 40.7. The molecular weight excluding hydrogens is 341 g/mol. The zero-order valence-corrected chi connectivity index (χ0v) is 12.0. The number of alkyl halides is 1. The minimum atomic E-state index is -0.941. The lowest BCUT2D eigenvalue weighted by Crippen LogP contribution is -2.02. The van der Waals surface area contributed by atoms with Crippen LogP contribution in [0.4, 0.5) is 13.2 Å². The van der Waals surface area contributed by atoms with Gasteiger partial charge in [0.2, 0.25) is 0 Å². The minimum absolute atomic E-state index is 0.0124. The Morgan fingerprint density at radius 1 is 1.00 bits per heavy atom. The molecule has 19 heavy (non-hydrogen) atoms. The van der Waals surface area contributed by atoms with E-state index in [1.165, 1.54) is 18.2 Å². The number of hydrogen-bond acceptors (Lipinski definition) is 0. The molecule has 2 aromatic carbocycles. The van der Waals surface area contributed by atoms with E-state index in [2.05, 4.69) is 15.9 Å². The zero-order chi connectivity index (χ0) is 14.0. The fourth-order valence-corrected chi connectivity index (χ4v) is 2.49. The van der Waals surface area contributed by atoms with Crippen molar-refractivity contribution in [2.75, 3.05) is 0 Å². The second-order valence-corrected chi connectivity index (χ2v) is 5.41. The van der Waals surface area contributed by atoms with E-state index < -0.39 is 22.8 Å². The zero-order valence-electron chi connectivity index (χ0n) is 9.64. The summed E-state index contributed by atoms with van der Waals surface area (Å²) in [6.07, 6.45) is 0.0124. The van der Waals surface area contributed by atoms with E-state index in [0.29, 0.717) is 0 Å². The summed E-state index contributed by atoms with van der Waals surface area (Å²) in [4.78, 5) is 0. The van der Waals surface area contributed by atoms with Crippen LogP contribution >= 0.6 is 27.5 Å². The van der Waals surface area contributed by atoms with Gasteiger partial charge in [0, 0.05) is 5.56 Å². The van der Waals surface area contributed by atoms with E-state index in [1.54, 1.807) is 12.1 Å². The Bertz CT molecular complexity index is 601. The Labute approximate surface area is 122 Å². The molecule has 0 saturated carbocycles. The summed E-state index contributed by atoms with van der Waals surface area (Å²) in [5.41, 5.74) is 0.374. The highest BCUT2D eigenvalue weighted by Crippen LogP contribution is 2.31. The number of benzene rings is 2. The number of rotatable bonds is 3. The maximum Gasteiger partial charge on any atom is 0.162 e. The first kappa shape index (κ1) is 14.4. The van der Waals surface area contributed by atoms with Crippen molar-refractivity contribution >= 4 is 27.5 Å². The van der Waals surface area contributed by atoms with Crippen molar-refractivity contribution in [3.05, 3.63) is 69.4 Å². The predicted octanol–water partition coefficient (Wildman–Crippen LogP) is 5.39. The molecule has 100 valence electrons. The van der Waals surface area contributed by atoms with Crippen LogP contribution in [0.25, 0.3) is 0 Å². The second kappa shape index (κ2) is 5.97. The van der Waals surface area contributed by atoms with Crippen LogP contribution in [-0.4, -0.2) is 0 Å². The lowest BCUT2D eigenvalue weighted by atomic mass is 10.0. The van der Waals surface area contributed by atoms with Crippen LogP contribution in [0.3, 0.4) is 0 Å². The lowest BCUT2D eigenvalue weighted by Gasteiger charge is -2.12. The first-order valence-corrected chi connectivity index (χ1v) is 6.74. The molecule has 1 unspecified atom stereocenters. The molecule has 2 aromatic rings. The van der Waals surface area contributed by atoms with E-state index in [1.807, 2.05) is 0 Å². The Hall–Kier alpha value is -1.00. The molecule has 0 aliphatic carbocycles. The van der Waals surface area contributed by atoms with E-state index in [0.717, 1.165) is 6.07 Å². The van der Waals surface area contributed by atoms with Gasteiger partial charge in [-0.15, -0.1) is 11.6 Å². The molecule has 0 nitrogen and oxygen atoms in total. The van der Waals surface area contributed by atoms with Gasteiger partial charge in [0.25, 0.3) is 0 Å². The summed E-state index contributed by atoms with van der Waals surface area (Å²) in [6, 6.07) is 8.57. The van der Waals surface area contributed by atoms with Gasteiger partial charge in [-0.05, 0) is 40.0 Å². The highest BCUT2D eigenvalue weighted by Gasteiger charge is 2.18. The third kappa shape index (κ3) is 3.12. The standard InChI is InChI=1S/C14H9BrClF3/c15-10-5-2-4-9(14(10)19)11(16)7-8-3-1-6-12(17)13(8)18/h1-6,11H,7H2. The fraction of sp³-hybridized carbons (Fsp3) is 0.143. The molecular formula is C14H9BrClF3. The average Bonchev–Trinajstić information content (AvgIpc) is 2.38. The van der Waals surface area contributed by atoms with Gasteiger partial charge in [0.1, 0.15) is 5.82 Å². The molecule has 2 rings (SSSR count). The van der Waals surface area contributed by atoms with E-state index >= 15 is 0 Å². The van der Waals surface area contributed by atoms with Crippen molar-refractivity contribution in [3.8, 4) is 0 Å². The van der Waals surface area contributed by atoms with E-state index in [9.17, 15) is 13.2 Å². The van der Waals surface area contributed by atoms with Crippen LogP contribution in [0.1, 0.15) is 16.5 Å². The normalized spacial score (nSPS) is 12.5. The van der Waals surface area contributed by atoms with Crippen LogP contribution in [-0.2, 0) is 6.42 Å². The third-order valence-electron chi connectivity index (χ3n) is 2.75.